The minimum atomic E-state index is -1.23. The Morgan fingerprint density at radius 3 is 2.55 bits per heavy atom. The van der Waals surface area contributed by atoms with Crippen molar-refractivity contribution in [3.8, 4) is 17.6 Å². The van der Waals surface area contributed by atoms with Crippen LogP contribution in [0.3, 0.4) is 0 Å². The van der Waals surface area contributed by atoms with Crippen molar-refractivity contribution in [2.24, 2.45) is 0 Å². The van der Waals surface area contributed by atoms with Crippen LogP contribution in [0.25, 0.3) is 0 Å². The zero-order valence-electron chi connectivity index (χ0n) is 17.0. The molecule has 0 saturated carbocycles. The van der Waals surface area contributed by atoms with Gasteiger partial charge in [0.15, 0.2) is 11.5 Å². The Hall–Kier alpha value is -3.38. The molecular formula is C22H20BrN3O5. The largest absolute Gasteiger partial charge is 0.490 e. The lowest BCUT2D eigenvalue weighted by Gasteiger charge is -2.25. The second-order valence-corrected chi connectivity index (χ2v) is 7.60. The van der Waals surface area contributed by atoms with Crippen LogP contribution in [-0.2, 0) is 15.1 Å². The summed E-state index contributed by atoms with van der Waals surface area (Å²) < 4.78 is 11.2. The number of nitrogens with zero attached hydrogens (tertiary/aromatic N) is 2. The molecule has 2 aromatic rings. The number of rotatable bonds is 7. The predicted molar refractivity (Wildman–Crippen MR) is 114 cm³/mol. The highest BCUT2D eigenvalue weighted by Crippen LogP contribution is 2.37. The first kappa shape index (κ1) is 22.3. The number of amides is 3. The molecule has 3 amide bonds. The number of hydrogen-bond acceptors (Lipinski definition) is 6. The molecule has 9 heteroatoms. The highest BCUT2D eigenvalue weighted by atomic mass is 79.9. The number of hydrogen-bond donors (Lipinski definition) is 1. The summed E-state index contributed by atoms with van der Waals surface area (Å²) in [5, 5.41) is 11.8. The molecule has 0 aliphatic carbocycles. The number of nitrogens with one attached hydrogen (secondary N) is 1. The number of carbonyl (C=O) groups is 3. The number of nitriles is 1. The lowest BCUT2D eigenvalue weighted by atomic mass is 9.87. The van der Waals surface area contributed by atoms with E-state index < -0.39 is 30.0 Å². The number of carbonyl (C=O) groups excluding carboxylic acids is 3. The summed E-state index contributed by atoms with van der Waals surface area (Å²) in [7, 11) is 0. The van der Waals surface area contributed by atoms with Crippen LogP contribution in [0, 0.1) is 11.3 Å². The fourth-order valence-corrected chi connectivity index (χ4v) is 3.92. The van der Waals surface area contributed by atoms with E-state index in [1.807, 2.05) is 12.1 Å². The molecule has 2 aromatic carbocycles. The first-order valence-electron chi connectivity index (χ1n) is 9.63. The van der Waals surface area contributed by atoms with Gasteiger partial charge in [-0.25, -0.2) is 9.59 Å². The Morgan fingerprint density at radius 1 is 1.23 bits per heavy atom. The number of esters is 1. The van der Waals surface area contributed by atoms with Crippen molar-refractivity contribution in [1.29, 1.82) is 5.26 Å². The van der Waals surface area contributed by atoms with Crippen LogP contribution in [0.15, 0.2) is 46.9 Å². The van der Waals surface area contributed by atoms with E-state index in [1.54, 1.807) is 38.1 Å². The van der Waals surface area contributed by atoms with E-state index in [1.165, 1.54) is 12.1 Å². The summed E-state index contributed by atoms with van der Waals surface area (Å²) in [5.41, 5.74) is -0.274. The van der Waals surface area contributed by atoms with Crippen molar-refractivity contribution in [3.05, 3.63) is 58.1 Å². The topological polar surface area (TPSA) is 109 Å². The van der Waals surface area contributed by atoms with Crippen LogP contribution in [0.1, 0.15) is 31.4 Å². The summed E-state index contributed by atoms with van der Waals surface area (Å²) in [6, 6.07) is 13.1. The molecule has 0 spiro atoms. The summed E-state index contributed by atoms with van der Waals surface area (Å²) in [5.74, 6) is -1.07. The number of urea groups is 1. The predicted octanol–water partition coefficient (Wildman–Crippen LogP) is 3.48. The van der Waals surface area contributed by atoms with Crippen LogP contribution in [-0.4, -0.2) is 36.0 Å². The minimum absolute atomic E-state index is 0.0720. The van der Waals surface area contributed by atoms with Gasteiger partial charge < -0.3 is 14.8 Å². The molecule has 1 fully saturated rings. The van der Waals surface area contributed by atoms with Crippen LogP contribution >= 0.6 is 15.9 Å². The molecule has 1 aliphatic rings. The highest BCUT2D eigenvalue weighted by molar-refractivity contribution is 9.10. The van der Waals surface area contributed by atoms with Gasteiger partial charge in [-0.3, -0.25) is 9.69 Å². The zero-order chi connectivity index (χ0) is 22.6. The molecule has 1 aliphatic heterocycles. The van der Waals surface area contributed by atoms with Crippen molar-refractivity contribution in [1.82, 2.24) is 10.2 Å². The average Bonchev–Trinajstić information content (AvgIpc) is 3.01. The lowest BCUT2D eigenvalue weighted by molar-refractivity contribution is -0.141. The third kappa shape index (κ3) is 4.25. The molecular weight excluding hydrogens is 466 g/mol. The molecule has 1 N–H and O–H groups in total. The van der Waals surface area contributed by atoms with E-state index in [-0.39, 0.29) is 18.1 Å². The Morgan fingerprint density at radius 2 is 1.94 bits per heavy atom. The maximum Gasteiger partial charge on any atom is 0.331 e. The smallest absolute Gasteiger partial charge is 0.331 e. The van der Waals surface area contributed by atoms with E-state index >= 15 is 0 Å². The number of imide groups is 1. The molecule has 160 valence electrons. The van der Waals surface area contributed by atoms with E-state index in [0.717, 1.165) is 4.90 Å². The average molecular weight is 486 g/mol. The quantitative estimate of drug-likeness (QED) is 0.365. The van der Waals surface area contributed by atoms with Crippen LogP contribution in [0.4, 0.5) is 4.79 Å². The number of ether oxygens (including phenoxy) is 2. The Kier molecular flexibility index (Phi) is 6.61. The molecule has 0 bridgehead atoms. The molecule has 1 atom stereocenters. The highest BCUT2D eigenvalue weighted by Gasteiger charge is 2.51. The first-order valence-corrected chi connectivity index (χ1v) is 10.4. The fraction of sp³-hybridized carbons (Fsp3) is 0.273. The molecule has 1 unspecified atom stereocenters. The monoisotopic (exact) mass is 485 g/mol. The van der Waals surface area contributed by atoms with Gasteiger partial charge in [0.25, 0.3) is 5.91 Å². The van der Waals surface area contributed by atoms with Gasteiger partial charge in [0.1, 0.15) is 12.1 Å². The van der Waals surface area contributed by atoms with Crippen molar-refractivity contribution < 1.29 is 23.9 Å². The van der Waals surface area contributed by atoms with E-state index in [9.17, 15) is 14.4 Å². The molecule has 1 heterocycles. The SMILES string of the molecule is CCOc1cc(C#N)cc(Br)c1OC(=O)CN1C(=O)NC(CC)(c2ccccc2)C1=O. The maximum absolute atomic E-state index is 13.1. The van der Waals surface area contributed by atoms with Gasteiger partial charge in [-0.1, -0.05) is 37.3 Å². The van der Waals surface area contributed by atoms with Gasteiger partial charge in [0.05, 0.1) is 22.7 Å². The molecule has 31 heavy (non-hydrogen) atoms. The standard InChI is InChI=1S/C22H20BrN3O5/c1-3-22(15-8-6-5-7-9-15)20(28)26(21(29)25-22)13-18(27)31-19-16(23)10-14(12-24)11-17(19)30-4-2/h5-11H,3-4,13H2,1-2H3,(H,25,29). The molecule has 0 aromatic heterocycles. The van der Waals surface area contributed by atoms with E-state index in [4.69, 9.17) is 14.7 Å². The van der Waals surface area contributed by atoms with Gasteiger partial charge in [0.2, 0.25) is 0 Å². The van der Waals surface area contributed by atoms with Crippen LogP contribution in [0.5, 0.6) is 11.5 Å². The molecule has 1 saturated heterocycles. The van der Waals surface area contributed by atoms with Crippen molar-refractivity contribution in [2.75, 3.05) is 13.2 Å². The van der Waals surface area contributed by atoms with Gasteiger partial charge in [0, 0.05) is 6.07 Å². The summed E-state index contributed by atoms with van der Waals surface area (Å²) in [6.07, 6.45) is 0.322. The number of benzene rings is 2. The molecule has 3 rings (SSSR count). The second-order valence-electron chi connectivity index (χ2n) is 6.75. The van der Waals surface area contributed by atoms with Gasteiger partial charge >= 0.3 is 12.0 Å². The zero-order valence-corrected chi connectivity index (χ0v) is 18.6. The van der Waals surface area contributed by atoms with Gasteiger partial charge in [-0.05, 0) is 40.9 Å². The van der Waals surface area contributed by atoms with Gasteiger partial charge in [-0.15, -0.1) is 0 Å². The fourth-order valence-electron chi connectivity index (χ4n) is 3.40. The van der Waals surface area contributed by atoms with Crippen molar-refractivity contribution >= 4 is 33.8 Å². The Bertz CT molecular complexity index is 1070. The normalized spacial score (nSPS) is 17.8. The Balaban J connectivity index is 1.82. The van der Waals surface area contributed by atoms with Crippen LogP contribution in [0.2, 0.25) is 0 Å². The van der Waals surface area contributed by atoms with E-state index in [2.05, 4.69) is 21.2 Å². The summed E-state index contributed by atoms with van der Waals surface area (Å²) in [6.45, 7) is 3.25. The van der Waals surface area contributed by atoms with Crippen molar-refractivity contribution in [3.63, 3.8) is 0 Å². The second kappa shape index (κ2) is 9.18. The number of halogens is 1. The summed E-state index contributed by atoms with van der Waals surface area (Å²) >= 11 is 3.27. The van der Waals surface area contributed by atoms with Crippen LogP contribution < -0.4 is 14.8 Å². The minimum Gasteiger partial charge on any atom is -0.490 e. The maximum atomic E-state index is 13.1. The van der Waals surface area contributed by atoms with Crippen molar-refractivity contribution in [2.45, 2.75) is 25.8 Å². The van der Waals surface area contributed by atoms with E-state index in [0.29, 0.717) is 22.0 Å². The summed E-state index contributed by atoms with van der Waals surface area (Å²) in [4.78, 5) is 39.2. The van der Waals surface area contributed by atoms with Gasteiger partial charge in [-0.2, -0.15) is 5.26 Å². The Labute approximate surface area is 187 Å². The third-order valence-electron chi connectivity index (χ3n) is 4.91. The first-order chi connectivity index (χ1) is 14.9. The lowest BCUT2D eigenvalue weighted by Crippen LogP contribution is -2.44. The molecule has 0 radical (unpaired) electrons. The molecule has 8 nitrogen and oxygen atoms in total. The third-order valence-corrected chi connectivity index (χ3v) is 5.50.